The molecule has 26 heavy (non-hydrogen) atoms. The lowest BCUT2D eigenvalue weighted by Gasteiger charge is -2.10. The van der Waals surface area contributed by atoms with Crippen LogP contribution in [0.3, 0.4) is 0 Å². The fraction of sp³-hybridized carbons (Fsp3) is 0.235. The molecule has 8 nitrogen and oxygen atoms in total. The number of carbonyl (C=O) groups is 1. The first-order valence-electron chi connectivity index (χ1n) is 7.86. The first-order valence-corrected chi connectivity index (χ1v) is 9.34. The Balaban J connectivity index is 2.11. The number of nitro benzene ring substituents is 1. The number of hydrogen-bond acceptors (Lipinski definition) is 5. The Morgan fingerprint density at radius 3 is 2.35 bits per heavy atom. The highest BCUT2D eigenvalue weighted by Gasteiger charge is 2.19. The molecule has 0 saturated heterocycles. The highest BCUT2D eigenvalue weighted by Crippen LogP contribution is 2.21. The van der Waals surface area contributed by atoms with Crippen LogP contribution in [0.25, 0.3) is 0 Å². The third-order valence-corrected chi connectivity index (χ3v) is 5.24. The minimum Gasteiger partial charge on any atom is -0.352 e. The van der Waals surface area contributed by atoms with Crippen LogP contribution in [0.15, 0.2) is 47.4 Å². The van der Waals surface area contributed by atoms with Crippen LogP contribution in [0.1, 0.15) is 28.4 Å². The predicted octanol–water partition coefficient (Wildman–Crippen LogP) is 2.13. The average molecular weight is 377 g/mol. The van der Waals surface area contributed by atoms with Gasteiger partial charge in [-0.1, -0.05) is 12.1 Å². The number of non-ortho nitro benzene ring substituents is 1. The molecule has 0 unspecified atom stereocenters. The Morgan fingerprint density at radius 1 is 1.15 bits per heavy atom. The number of nitrogens with zero attached hydrogens (tertiary/aromatic N) is 1. The summed E-state index contributed by atoms with van der Waals surface area (Å²) in [6, 6.07) is 10.1. The van der Waals surface area contributed by atoms with E-state index in [0.717, 1.165) is 6.07 Å². The van der Waals surface area contributed by atoms with Gasteiger partial charge in [0.2, 0.25) is 10.0 Å². The standard InChI is InChI=1S/C17H19N3O5S/c1-3-18-17(21)14-6-4-13(5-7-14)11-19-26(24,25)16-9-8-15(20(22)23)10-12(16)2/h4-10,19H,3,11H2,1-2H3,(H,18,21). The molecule has 0 aromatic heterocycles. The van der Waals surface area contributed by atoms with Gasteiger partial charge < -0.3 is 5.32 Å². The number of nitro groups is 1. The summed E-state index contributed by atoms with van der Waals surface area (Å²) in [5.41, 5.74) is 1.30. The van der Waals surface area contributed by atoms with Gasteiger partial charge in [-0.05, 0) is 43.2 Å². The topological polar surface area (TPSA) is 118 Å². The minimum atomic E-state index is -3.82. The lowest BCUT2D eigenvalue weighted by atomic mass is 10.1. The minimum absolute atomic E-state index is 0.0120. The zero-order valence-electron chi connectivity index (χ0n) is 14.4. The molecule has 2 rings (SSSR count). The molecule has 0 aliphatic carbocycles. The monoisotopic (exact) mass is 377 g/mol. The van der Waals surface area contributed by atoms with Gasteiger partial charge in [-0.25, -0.2) is 13.1 Å². The lowest BCUT2D eigenvalue weighted by molar-refractivity contribution is -0.385. The van der Waals surface area contributed by atoms with Crippen molar-refractivity contribution in [3.05, 3.63) is 69.3 Å². The molecule has 0 bridgehead atoms. The summed E-state index contributed by atoms with van der Waals surface area (Å²) in [5.74, 6) is -0.193. The van der Waals surface area contributed by atoms with E-state index >= 15 is 0 Å². The fourth-order valence-electron chi connectivity index (χ4n) is 2.34. The fourth-order valence-corrected chi connectivity index (χ4v) is 3.58. The number of rotatable bonds is 7. The van der Waals surface area contributed by atoms with Gasteiger partial charge in [0.15, 0.2) is 0 Å². The highest BCUT2D eigenvalue weighted by atomic mass is 32.2. The van der Waals surface area contributed by atoms with E-state index < -0.39 is 14.9 Å². The van der Waals surface area contributed by atoms with Gasteiger partial charge in [-0.15, -0.1) is 0 Å². The van der Waals surface area contributed by atoms with Crippen molar-refractivity contribution in [3.8, 4) is 0 Å². The van der Waals surface area contributed by atoms with Crippen LogP contribution in [0.2, 0.25) is 0 Å². The Hall–Kier alpha value is -2.78. The van der Waals surface area contributed by atoms with E-state index in [9.17, 15) is 23.3 Å². The molecule has 0 saturated carbocycles. The van der Waals surface area contributed by atoms with Crippen molar-refractivity contribution < 1.29 is 18.1 Å². The molecule has 2 N–H and O–H groups in total. The number of hydrogen-bond donors (Lipinski definition) is 2. The average Bonchev–Trinajstić information content (AvgIpc) is 2.60. The van der Waals surface area contributed by atoms with Gasteiger partial charge in [0.1, 0.15) is 0 Å². The second kappa shape index (κ2) is 8.07. The van der Waals surface area contributed by atoms with Crippen molar-refractivity contribution in [2.75, 3.05) is 6.54 Å². The van der Waals surface area contributed by atoms with Crippen molar-refractivity contribution >= 4 is 21.6 Å². The Kier molecular flexibility index (Phi) is 6.06. The van der Waals surface area contributed by atoms with Crippen molar-refractivity contribution in [1.82, 2.24) is 10.0 Å². The Morgan fingerprint density at radius 2 is 1.81 bits per heavy atom. The second-order valence-electron chi connectivity index (χ2n) is 5.59. The molecule has 0 aliphatic rings. The summed E-state index contributed by atoms with van der Waals surface area (Å²) in [4.78, 5) is 21.9. The largest absolute Gasteiger partial charge is 0.352 e. The molecule has 1 amide bonds. The summed E-state index contributed by atoms with van der Waals surface area (Å²) in [6.07, 6.45) is 0. The third kappa shape index (κ3) is 4.64. The van der Waals surface area contributed by atoms with E-state index in [1.807, 2.05) is 6.92 Å². The SMILES string of the molecule is CCNC(=O)c1ccc(CNS(=O)(=O)c2ccc([N+](=O)[O-])cc2C)cc1. The van der Waals surface area contributed by atoms with Crippen LogP contribution in [0.4, 0.5) is 5.69 Å². The maximum absolute atomic E-state index is 12.4. The van der Waals surface area contributed by atoms with E-state index in [-0.39, 0.29) is 23.0 Å². The molecule has 2 aromatic carbocycles. The first kappa shape index (κ1) is 19.5. The van der Waals surface area contributed by atoms with Gasteiger partial charge in [0.25, 0.3) is 11.6 Å². The predicted molar refractivity (Wildman–Crippen MR) is 96.3 cm³/mol. The summed E-state index contributed by atoms with van der Waals surface area (Å²) in [6.45, 7) is 3.88. The van der Waals surface area contributed by atoms with Crippen molar-refractivity contribution in [1.29, 1.82) is 0 Å². The first-order chi connectivity index (χ1) is 12.2. The van der Waals surface area contributed by atoms with E-state index in [1.54, 1.807) is 24.3 Å². The quantitative estimate of drug-likeness (QED) is 0.566. The van der Waals surface area contributed by atoms with E-state index in [1.165, 1.54) is 19.1 Å². The molecule has 0 atom stereocenters. The molecule has 0 spiro atoms. The molecular weight excluding hydrogens is 358 g/mol. The number of aryl methyl sites for hydroxylation is 1. The number of carbonyl (C=O) groups excluding carboxylic acids is 1. The maximum Gasteiger partial charge on any atom is 0.269 e. The van der Waals surface area contributed by atoms with Crippen LogP contribution in [-0.4, -0.2) is 25.8 Å². The van der Waals surface area contributed by atoms with Crippen LogP contribution in [0.5, 0.6) is 0 Å². The zero-order chi connectivity index (χ0) is 19.3. The van der Waals surface area contributed by atoms with Crippen molar-refractivity contribution in [2.24, 2.45) is 0 Å². The molecule has 0 fully saturated rings. The maximum atomic E-state index is 12.4. The molecule has 9 heteroatoms. The zero-order valence-corrected chi connectivity index (χ0v) is 15.2. The molecule has 0 aliphatic heterocycles. The van der Waals surface area contributed by atoms with Gasteiger partial charge in [0.05, 0.1) is 9.82 Å². The summed E-state index contributed by atoms with van der Waals surface area (Å²) >= 11 is 0. The van der Waals surface area contributed by atoms with E-state index in [2.05, 4.69) is 10.0 Å². The van der Waals surface area contributed by atoms with Gasteiger partial charge >= 0.3 is 0 Å². The summed E-state index contributed by atoms with van der Waals surface area (Å²) in [5, 5.41) is 13.4. The molecule has 0 heterocycles. The number of benzene rings is 2. The number of amides is 1. The third-order valence-electron chi connectivity index (χ3n) is 3.68. The van der Waals surface area contributed by atoms with E-state index in [0.29, 0.717) is 23.2 Å². The van der Waals surface area contributed by atoms with Crippen LogP contribution >= 0.6 is 0 Å². The molecular formula is C17H19N3O5S. The van der Waals surface area contributed by atoms with Crippen LogP contribution < -0.4 is 10.0 Å². The normalized spacial score (nSPS) is 11.2. The van der Waals surface area contributed by atoms with Gasteiger partial charge in [-0.3, -0.25) is 14.9 Å². The number of sulfonamides is 1. The Bertz CT molecular complexity index is 924. The van der Waals surface area contributed by atoms with Gasteiger partial charge in [0, 0.05) is 30.8 Å². The molecule has 2 aromatic rings. The van der Waals surface area contributed by atoms with Gasteiger partial charge in [-0.2, -0.15) is 0 Å². The molecule has 138 valence electrons. The summed E-state index contributed by atoms with van der Waals surface area (Å²) in [7, 11) is -3.82. The van der Waals surface area contributed by atoms with Crippen molar-refractivity contribution in [3.63, 3.8) is 0 Å². The summed E-state index contributed by atoms with van der Waals surface area (Å²) < 4.78 is 27.3. The van der Waals surface area contributed by atoms with Crippen LogP contribution in [0, 0.1) is 17.0 Å². The number of nitrogens with one attached hydrogen (secondary N) is 2. The lowest BCUT2D eigenvalue weighted by Crippen LogP contribution is -2.24. The highest BCUT2D eigenvalue weighted by molar-refractivity contribution is 7.89. The Labute approximate surface area is 151 Å². The van der Waals surface area contributed by atoms with Crippen molar-refractivity contribution in [2.45, 2.75) is 25.3 Å². The van der Waals surface area contributed by atoms with Crippen LogP contribution in [-0.2, 0) is 16.6 Å². The molecule has 0 radical (unpaired) electrons. The second-order valence-corrected chi connectivity index (χ2v) is 7.32. The van der Waals surface area contributed by atoms with E-state index in [4.69, 9.17) is 0 Å². The smallest absolute Gasteiger partial charge is 0.269 e.